The second-order valence-electron chi connectivity index (χ2n) is 6.30. The summed E-state index contributed by atoms with van der Waals surface area (Å²) in [5.41, 5.74) is 1.03. The number of β-amino-alcohol motifs (C(OH)–C–C–N with tert-alkyl or cyclic N) is 1. The number of nitrogens with zero attached hydrogens (tertiary/aromatic N) is 2. The maximum absolute atomic E-state index is 12.9. The van der Waals surface area contributed by atoms with Gasteiger partial charge in [-0.3, -0.25) is 4.79 Å². The highest BCUT2D eigenvalue weighted by Gasteiger charge is 2.21. The van der Waals surface area contributed by atoms with Crippen molar-refractivity contribution >= 4 is 11.7 Å². The van der Waals surface area contributed by atoms with Gasteiger partial charge in [0.15, 0.2) is 0 Å². The standard InChI is InChI=1S/C19H22FN3O3/c1-26-16-9-17(19(25)21-11-13-4-6-14(20)7-5-13)22-18(10-16)23-8-2-3-15(24)12-23/h4-7,9-10,15,24H,2-3,8,11-12H2,1H3,(H,21,25). The van der Waals surface area contributed by atoms with Crippen LogP contribution < -0.4 is 15.0 Å². The molecule has 6 nitrogen and oxygen atoms in total. The largest absolute Gasteiger partial charge is 0.497 e. The molecule has 1 amide bonds. The number of pyridine rings is 1. The SMILES string of the molecule is COc1cc(C(=O)NCc2ccc(F)cc2)nc(N2CCCC(O)C2)c1. The maximum Gasteiger partial charge on any atom is 0.270 e. The molecule has 1 fully saturated rings. The first kappa shape index (κ1) is 18.1. The highest BCUT2D eigenvalue weighted by Crippen LogP contribution is 2.23. The van der Waals surface area contributed by atoms with Gasteiger partial charge < -0.3 is 20.1 Å². The van der Waals surface area contributed by atoms with Crippen LogP contribution in [0.4, 0.5) is 10.2 Å². The minimum absolute atomic E-state index is 0.238. The summed E-state index contributed by atoms with van der Waals surface area (Å²) in [6.07, 6.45) is 1.24. The van der Waals surface area contributed by atoms with Crippen LogP contribution >= 0.6 is 0 Å². The molecule has 1 aliphatic heterocycles. The summed E-state index contributed by atoms with van der Waals surface area (Å²) in [4.78, 5) is 18.9. The van der Waals surface area contributed by atoms with Crippen molar-refractivity contribution in [2.24, 2.45) is 0 Å². The van der Waals surface area contributed by atoms with E-state index in [4.69, 9.17) is 4.74 Å². The lowest BCUT2D eigenvalue weighted by atomic mass is 10.1. The highest BCUT2D eigenvalue weighted by molar-refractivity contribution is 5.93. The topological polar surface area (TPSA) is 74.7 Å². The van der Waals surface area contributed by atoms with Gasteiger partial charge in [-0.2, -0.15) is 0 Å². The van der Waals surface area contributed by atoms with Crippen LogP contribution in [0.5, 0.6) is 5.75 Å². The molecule has 2 heterocycles. The molecule has 26 heavy (non-hydrogen) atoms. The summed E-state index contributed by atoms with van der Waals surface area (Å²) in [6.45, 7) is 1.53. The molecule has 1 aromatic carbocycles. The number of amides is 1. The van der Waals surface area contributed by atoms with Crippen LogP contribution in [0.25, 0.3) is 0 Å². The Morgan fingerprint density at radius 3 is 2.85 bits per heavy atom. The molecule has 1 atom stereocenters. The number of piperidine rings is 1. The lowest BCUT2D eigenvalue weighted by Gasteiger charge is -2.31. The molecule has 0 saturated carbocycles. The van der Waals surface area contributed by atoms with Crippen molar-refractivity contribution < 1.29 is 19.0 Å². The van der Waals surface area contributed by atoms with Gasteiger partial charge in [0.25, 0.3) is 5.91 Å². The van der Waals surface area contributed by atoms with Crippen LogP contribution in [-0.2, 0) is 6.54 Å². The van der Waals surface area contributed by atoms with E-state index >= 15 is 0 Å². The van der Waals surface area contributed by atoms with E-state index in [2.05, 4.69) is 10.3 Å². The summed E-state index contributed by atoms with van der Waals surface area (Å²) in [7, 11) is 1.53. The van der Waals surface area contributed by atoms with Crippen LogP contribution in [-0.4, -0.2) is 42.3 Å². The van der Waals surface area contributed by atoms with Crippen LogP contribution in [0.3, 0.4) is 0 Å². The Hall–Kier alpha value is -2.67. The third-order valence-corrected chi connectivity index (χ3v) is 4.34. The Morgan fingerprint density at radius 2 is 2.15 bits per heavy atom. The number of nitrogens with one attached hydrogen (secondary N) is 1. The maximum atomic E-state index is 12.9. The van der Waals surface area contributed by atoms with E-state index in [0.29, 0.717) is 18.1 Å². The molecule has 1 saturated heterocycles. The average Bonchev–Trinajstić information content (AvgIpc) is 2.67. The molecule has 1 unspecified atom stereocenters. The molecule has 2 aromatic rings. The van der Waals surface area contributed by atoms with E-state index in [1.165, 1.54) is 19.2 Å². The fourth-order valence-electron chi connectivity index (χ4n) is 2.93. The van der Waals surface area contributed by atoms with E-state index in [-0.39, 0.29) is 24.0 Å². The Balaban J connectivity index is 1.74. The van der Waals surface area contributed by atoms with Crippen molar-refractivity contribution in [3.63, 3.8) is 0 Å². The Bertz CT molecular complexity index is 767. The molecule has 3 rings (SSSR count). The molecular weight excluding hydrogens is 337 g/mol. The molecule has 0 bridgehead atoms. The number of aliphatic hydroxyl groups excluding tert-OH is 1. The Morgan fingerprint density at radius 1 is 1.38 bits per heavy atom. The monoisotopic (exact) mass is 359 g/mol. The van der Waals surface area contributed by atoms with Gasteiger partial charge >= 0.3 is 0 Å². The predicted octanol–water partition coefficient (Wildman–Crippen LogP) is 2.12. The molecule has 2 N–H and O–H groups in total. The van der Waals surface area contributed by atoms with Gasteiger partial charge in [-0.15, -0.1) is 0 Å². The number of halogens is 1. The minimum Gasteiger partial charge on any atom is -0.497 e. The van der Waals surface area contributed by atoms with Crippen molar-refractivity contribution in [2.45, 2.75) is 25.5 Å². The second-order valence-corrected chi connectivity index (χ2v) is 6.30. The lowest BCUT2D eigenvalue weighted by Crippen LogP contribution is -2.39. The summed E-state index contributed by atoms with van der Waals surface area (Å²) >= 11 is 0. The van der Waals surface area contributed by atoms with Gasteiger partial charge in [0.2, 0.25) is 0 Å². The van der Waals surface area contributed by atoms with Crippen molar-refractivity contribution in [3.05, 3.63) is 53.5 Å². The number of benzene rings is 1. The zero-order valence-electron chi connectivity index (χ0n) is 14.6. The smallest absolute Gasteiger partial charge is 0.270 e. The van der Waals surface area contributed by atoms with Crippen LogP contribution in [0, 0.1) is 5.82 Å². The Labute approximate surface area is 151 Å². The first-order valence-electron chi connectivity index (χ1n) is 8.57. The normalized spacial score (nSPS) is 17.0. The zero-order chi connectivity index (χ0) is 18.5. The molecule has 0 radical (unpaired) electrons. The van der Waals surface area contributed by atoms with E-state index in [0.717, 1.165) is 24.9 Å². The quantitative estimate of drug-likeness (QED) is 0.855. The van der Waals surface area contributed by atoms with E-state index in [1.54, 1.807) is 24.3 Å². The molecule has 0 spiro atoms. The highest BCUT2D eigenvalue weighted by atomic mass is 19.1. The van der Waals surface area contributed by atoms with Gasteiger partial charge in [-0.25, -0.2) is 9.37 Å². The van der Waals surface area contributed by atoms with Crippen molar-refractivity contribution in [3.8, 4) is 5.75 Å². The zero-order valence-corrected chi connectivity index (χ0v) is 14.6. The predicted molar refractivity (Wildman–Crippen MR) is 95.8 cm³/mol. The number of carbonyl (C=O) groups is 1. The van der Waals surface area contributed by atoms with Gasteiger partial charge in [0.1, 0.15) is 23.1 Å². The summed E-state index contributed by atoms with van der Waals surface area (Å²) in [5, 5.41) is 12.6. The first-order chi connectivity index (χ1) is 12.5. The number of rotatable bonds is 5. The number of ether oxygens (including phenoxy) is 1. The first-order valence-corrected chi connectivity index (χ1v) is 8.57. The molecular formula is C19H22FN3O3. The number of hydrogen-bond acceptors (Lipinski definition) is 5. The fourth-order valence-corrected chi connectivity index (χ4v) is 2.93. The van der Waals surface area contributed by atoms with E-state index in [9.17, 15) is 14.3 Å². The molecule has 7 heteroatoms. The lowest BCUT2D eigenvalue weighted by molar-refractivity contribution is 0.0945. The van der Waals surface area contributed by atoms with Gasteiger partial charge in [0, 0.05) is 31.8 Å². The van der Waals surface area contributed by atoms with Gasteiger partial charge in [-0.1, -0.05) is 12.1 Å². The van der Waals surface area contributed by atoms with Crippen LogP contribution in [0.1, 0.15) is 28.9 Å². The number of methoxy groups -OCH3 is 1. The number of aromatic nitrogens is 1. The van der Waals surface area contributed by atoms with Crippen LogP contribution in [0.15, 0.2) is 36.4 Å². The minimum atomic E-state index is -0.396. The molecule has 1 aliphatic rings. The summed E-state index contributed by atoms with van der Waals surface area (Å²) in [6, 6.07) is 9.28. The molecule has 138 valence electrons. The molecule has 1 aromatic heterocycles. The van der Waals surface area contributed by atoms with E-state index < -0.39 is 6.10 Å². The third-order valence-electron chi connectivity index (χ3n) is 4.34. The second kappa shape index (κ2) is 8.14. The summed E-state index contributed by atoms with van der Waals surface area (Å²) in [5.74, 6) is 0.479. The number of carbonyl (C=O) groups excluding carboxylic acids is 1. The van der Waals surface area contributed by atoms with Gasteiger partial charge in [0.05, 0.1) is 13.2 Å². The third kappa shape index (κ3) is 4.49. The number of hydrogen-bond donors (Lipinski definition) is 2. The average molecular weight is 359 g/mol. The van der Waals surface area contributed by atoms with E-state index in [1.807, 2.05) is 4.90 Å². The number of anilines is 1. The van der Waals surface area contributed by atoms with Crippen molar-refractivity contribution in [1.82, 2.24) is 10.3 Å². The number of aliphatic hydroxyl groups is 1. The summed E-state index contributed by atoms with van der Waals surface area (Å²) < 4.78 is 18.2. The van der Waals surface area contributed by atoms with Gasteiger partial charge in [-0.05, 0) is 30.5 Å². The van der Waals surface area contributed by atoms with Crippen molar-refractivity contribution in [2.75, 3.05) is 25.1 Å². The van der Waals surface area contributed by atoms with Crippen molar-refractivity contribution in [1.29, 1.82) is 0 Å². The fraction of sp³-hybridized carbons (Fsp3) is 0.368. The molecule has 0 aliphatic carbocycles. The Kier molecular flexibility index (Phi) is 5.68. The van der Waals surface area contributed by atoms with Crippen LogP contribution in [0.2, 0.25) is 0 Å².